The second-order valence-electron chi connectivity index (χ2n) is 7.11. The first kappa shape index (κ1) is 16.9. The highest BCUT2D eigenvalue weighted by Gasteiger charge is 2.43. The smallest absolute Gasteiger partial charge is 0.324 e. The molecule has 0 saturated carbocycles. The number of carbonyl (C=O) groups excluding carboxylic acids is 2. The summed E-state index contributed by atoms with van der Waals surface area (Å²) in [6.07, 6.45) is 2.82. The van der Waals surface area contributed by atoms with Gasteiger partial charge in [-0.1, -0.05) is 12.1 Å². The molecule has 2 heterocycles. The van der Waals surface area contributed by atoms with Gasteiger partial charge < -0.3 is 5.32 Å². The van der Waals surface area contributed by atoms with E-state index in [1.165, 1.54) is 11.0 Å². The molecule has 24 heavy (non-hydrogen) atoms. The molecular weight excluding hydrogens is 309 g/mol. The Morgan fingerprint density at radius 3 is 2.75 bits per heavy atom. The number of imide groups is 1. The van der Waals surface area contributed by atoms with Crippen LogP contribution in [0.1, 0.15) is 44.7 Å². The van der Waals surface area contributed by atoms with Crippen molar-refractivity contribution in [2.75, 3.05) is 19.6 Å². The minimum atomic E-state index is -0.811. The first-order valence-corrected chi connectivity index (χ1v) is 8.52. The van der Waals surface area contributed by atoms with Gasteiger partial charge in [-0.2, -0.15) is 0 Å². The summed E-state index contributed by atoms with van der Waals surface area (Å²) < 4.78 is 13.5. The number of nitrogens with zero attached hydrogens (tertiary/aromatic N) is 2. The van der Waals surface area contributed by atoms with Crippen LogP contribution >= 0.6 is 0 Å². The summed E-state index contributed by atoms with van der Waals surface area (Å²) in [5, 5.41) is 2.69. The molecule has 1 atom stereocenters. The number of nitrogens with one attached hydrogen (secondary N) is 1. The summed E-state index contributed by atoms with van der Waals surface area (Å²) in [6, 6.07) is 6.68. The van der Waals surface area contributed by atoms with Crippen LogP contribution in [0.3, 0.4) is 0 Å². The monoisotopic (exact) mass is 333 g/mol. The Morgan fingerprint density at radius 2 is 2.08 bits per heavy atom. The van der Waals surface area contributed by atoms with E-state index in [1.54, 1.807) is 26.0 Å². The summed E-state index contributed by atoms with van der Waals surface area (Å²) in [7, 11) is 0. The lowest BCUT2D eigenvalue weighted by Crippen LogP contribution is -2.40. The quantitative estimate of drug-likeness (QED) is 0.843. The second kappa shape index (κ2) is 6.51. The number of hydrogen-bond acceptors (Lipinski definition) is 3. The van der Waals surface area contributed by atoms with Crippen molar-refractivity contribution in [1.82, 2.24) is 15.1 Å². The average Bonchev–Trinajstić information content (AvgIpc) is 3.05. The van der Waals surface area contributed by atoms with Crippen molar-refractivity contribution < 1.29 is 14.0 Å². The van der Waals surface area contributed by atoms with E-state index in [1.807, 2.05) is 6.07 Å². The Kier molecular flexibility index (Phi) is 4.58. The van der Waals surface area contributed by atoms with E-state index in [-0.39, 0.29) is 23.8 Å². The van der Waals surface area contributed by atoms with Crippen molar-refractivity contribution in [3.05, 3.63) is 35.6 Å². The highest BCUT2D eigenvalue weighted by atomic mass is 19.1. The molecule has 1 N–H and O–H groups in total. The molecule has 130 valence electrons. The number of hydrogen-bond donors (Lipinski definition) is 1. The fourth-order valence-corrected chi connectivity index (χ4v) is 3.64. The van der Waals surface area contributed by atoms with Crippen LogP contribution in [-0.2, 0) is 4.79 Å². The van der Waals surface area contributed by atoms with Crippen molar-refractivity contribution in [3.63, 3.8) is 0 Å². The topological polar surface area (TPSA) is 52.7 Å². The molecule has 6 heteroatoms. The Bertz CT molecular complexity index is 647. The standard InChI is InChI=1S/C18H24FN3O2/c1-18(2)16(23)22(17(24)20-18)11-5-10-21-9-4-8-15(21)13-6-3-7-14(19)12-13/h3,6-7,12,15H,4-5,8-11H2,1-2H3,(H,20,24)/t15-/m1/s1. The van der Waals surface area contributed by atoms with E-state index < -0.39 is 5.54 Å². The molecule has 3 amide bonds. The van der Waals surface area contributed by atoms with E-state index >= 15 is 0 Å². The van der Waals surface area contributed by atoms with Crippen molar-refractivity contribution >= 4 is 11.9 Å². The van der Waals surface area contributed by atoms with Gasteiger partial charge in [0.05, 0.1) is 0 Å². The maximum atomic E-state index is 13.5. The Morgan fingerprint density at radius 1 is 1.29 bits per heavy atom. The van der Waals surface area contributed by atoms with Crippen LogP contribution in [0.4, 0.5) is 9.18 Å². The molecule has 2 saturated heterocycles. The zero-order valence-corrected chi connectivity index (χ0v) is 14.2. The normalized spacial score (nSPS) is 23.8. The van der Waals surface area contributed by atoms with Crippen LogP contribution in [-0.4, -0.2) is 46.9 Å². The number of likely N-dealkylation sites (tertiary alicyclic amines) is 1. The zero-order valence-electron chi connectivity index (χ0n) is 14.2. The molecule has 2 aliphatic heterocycles. The number of urea groups is 1. The number of benzene rings is 1. The van der Waals surface area contributed by atoms with Crippen molar-refractivity contribution in [1.29, 1.82) is 0 Å². The Balaban J connectivity index is 1.57. The highest BCUT2D eigenvalue weighted by Crippen LogP contribution is 2.32. The molecule has 0 aromatic heterocycles. The van der Waals surface area contributed by atoms with Crippen LogP contribution in [0.15, 0.2) is 24.3 Å². The van der Waals surface area contributed by atoms with Gasteiger partial charge >= 0.3 is 6.03 Å². The fourth-order valence-electron chi connectivity index (χ4n) is 3.64. The fraction of sp³-hybridized carbons (Fsp3) is 0.556. The molecular formula is C18H24FN3O2. The van der Waals surface area contributed by atoms with Crippen LogP contribution in [0.2, 0.25) is 0 Å². The van der Waals surface area contributed by atoms with Gasteiger partial charge in [0.2, 0.25) is 0 Å². The van der Waals surface area contributed by atoms with Gasteiger partial charge in [-0.25, -0.2) is 9.18 Å². The molecule has 5 nitrogen and oxygen atoms in total. The molecule has 2 fully saturated rings. The lowest BCUT2D eigenvalue weighted by molar-refractivity contribution is -0.130. The number of carbonyl (C=O) groups is 2. The Labute approximate surface area is 141 Å². The minimum Gasteiger partial charge on any atom is -0.324 e. The molecule has 0 spiro atoms. The summed E-state index contributed by atoms with van der Waals surface area (Å²) in [5.74, 6) is -0.378. The predicted molar refractivity (Wildman–Crippen MR) is 88.9 cm³/mol. The maximum Gasteiger partial charge on any atom is 0.325 e. The second-order valence-corrected chi connectivity index (χ2v) is 7.11. The van der Waals surface area contributed by atoms with Crippen molar-refractivity contribution in [2.45, 2.75) is 44.7 Å². The average molecular weight is 333 g/mol. The van der Waals surface area contributed by atoms with Gasteiger partial charge in [-0.15, -0.1) is 0 Å². The van der Waals surface area contributed by atoms with E-state index in [0.717, 1.165) is 37.9 Å². The summed E-state index contributed by atoms with van der Waals surface area (Å²) in [5.41, 5.74) is 0.193. The highest BCUT2D eigenvalue weighted by molar-refractivity contribution is 6.06. The van der Waals surface area contributed by atoms with Gasteiger partial charge in [-0.05, 0) is 57.4 Å². The maximum absolute atomic E-state index is 13.5. The molecule has 1 aromatic rings. The van der Waals surface area contributed by atoms with Gasteiger partial charge in [0.25, 0.3) is 5.91 Å². The van der Waals surface area contributed by atoms with Crippen LogP contribution < -0.4 is 5.32 Å². The van der Waals surface area contributed by atoms with Crippen molar-refractivity contribution in [2.24, 2.45) is 0 Å². The van der Waals surface area contributed by atoms with Crippen LogP contribution in [0, 0.1) is 5.82 Å². The van der Waals surface area contributed by atoms with E-state index in [4.69, 9.17) is 0 Å². The minimum absolute atomic E-state index is 0.171. The van der Waals surface area contributed by atoms with Gasteiger partial charge in [-0.3, -0.25) is 14.6 Å². The number of rotatable bonds is 5. The largest absolute Gasteiger partial charge is 0.325 e. The third-order valence-electron chi connectivity index (χ3n) is 4.87. The predicted octanol–water partition coefficient (Wildman–Crippen LogP) is 2.68. The summed E-state index contributed by atoms with van der Waals surface area (Å²) in [6.45, 7) is 5.60. The molecule has 0 bridgehead atoms. The first-order chi connectivity index (χ1) is 11.4. The summed E-state index contributed by atoms with van der Waals surface area (Å²) >= 11 is 0. The van der Waals surface area contributed by atoms with Gasteiger partial charge in [0.1, 0.15) is 11.4 Å². The van der Waals surface area contributed by atoms with E-state index in [9.17, 15) is 14.0 Å². The third-order valence-corrected chi connectivity index (χ3v) is 4.87. The van der Waals surface area contributed by atoms with Crippen LogP contribution in [0.25, 0.3) is 0 Å². The molecule has 2 aliphatic rings. The van der Waals surface area contributed by atoms with Gasteiger partial charge in [0, 0.05) is 19.1 Å². The molecule has 0 aliphatic carbocycles. The SMILES string of the molecule is CC1(C)NC(=O)N(CCCN2CCC[C@@H]2c2cccc(F)c2)C1=O. The number of halogens is 1. The number of amides is 3. The van der Waals surface area contributed by atoms with Gasteiger partial charge in [0.15, 0.2) is 0 Å². The molecule has 0 unspecified atom stereocenters. The lowest BCUT2D eigenvalue weighted by Gasteiger charge is -2.25. The third kappa shape index (κ3) is 3.29. The van der Waals surface area contributed by atoms with Crippen LogP contribution in [0.5, 0.6) is 0 Å². The zero-order chi connectivity index (χ0) is 17.3. The molecule has 3 rings (SSSR count). The van der Waals surface area contributed by atoms with Crippen molar-refractivity contribution in [3.8, 4) is 0 Å². The lowest BCUT2D eigenvalue weighted by atomic mass is 10.0. The molecule has 1 aromatic carbocycles. The van der Waals surface area contributed by atoms with E-state index in [2.05, 4.69) is 10.2 Å². The molecule has 0 radical (unpaired) electrons. The Hall–Kier alpha value is -1.95. The first-order valence-electron chi connectivity index (χ1n) is 8.52. The van der Waals surface area contributed by atoms with E-state index in [0.29, 0.717) is 6.54 Å². The summed E-state index contributed by atoms with van der Waals surface area (Å²) in [4.78, 5) is 27.7.